The molecule has 5 rings (SSSR count). The highest BCUT2D eigenvalue weighted by atomic mass is 16.5. The molecule has 3 fully saturated rings. The van der Waals surface area contributed by atoms with Crippen molar-refractivity contribution in [1.82, 2.24) is 30.0 Å². The predicted octanol–water partition coefficient (Wildman–Crippen LogP) is 0.870. The molecule has 0 spiro atoms. The van der Waals surface area contributed by atoms with E-state index in [9.17, 15) is 4.79 Å². The van der Waals surface area contributed by atoms with E-state index in [1.165, 1.54) is 19.3 Å². The van der Waals surface area contributed by atoms with Crippen LogP contribution in [0.2, 0.25) is 0 Å². The second-order valence-corrected chi connectivity index (χ2v) is 7.70. The Balaban J connectivity index is 1.16. The molecule has 9 nitrogen and oxygen atoms in total. The van der Waals surface area contributed by atoms with Crippen molar-refractivity contribution in [3.05, 3.63) is 18.0 Å². The fourth-order valence-corrected chi connectivity index (χ4v) is 3.88. The fourth-order valence-electron chi connectivity index (χ4n) is 3.88. The number of nitrogens with one attached hydrogen (secondary N) is 1. The summed E-state index contributed by atoms with van der Waals surface area (Å²) < 4.78 is 7.19. The first-order valence-electron chi connectivity index (χ1n) is 9.86. The number of carbonyl (C=O) groups is 1. The van der Waals surface area contributed by atoms with Gasteiger partial charge in [0.25, 0.3) is 0 Å². The Morgan fingerprint density at radius 2 is 2.00 bits per heavy atom. The summed E-state index contributed by atoms with van der Waals surface area (Å²) in [7, 11) is 0. The van der Waals surface area contributed by atoms with Crippen LogP contribution < -0.4 is 10.2 Å². The van der Waals surface area contributed by atoms with E-state index >= 15 is 0 Å². The number of urea groups is 1. The summed E-state index contributed by atoms with van der Waals surface area (Å²) in [6.07, 6.45) is 3.63. The van der Waals surface area contributed by atoms with E-state index in [1.54, 1.807) is 0 Å². The maximum atomic E-state index is 12.2. The molecule has 2 aromatic heterocycles. The number of hydrogen-bond donors (Lipinski definition) is 1. The zero-order valence-corrected chi connectivity index (χ0v) is 15.4. The van der Waals surface area contributed by atoms with Gasteiger partial charge in [-0.15, -0.1) is 15.3 Å². The van der Waals surface area contributed by atoms with Crippen LogP contribution in [0.5, 0.6) is 0 Å². The summed E-state index contributed by atoms with van der Waals surface area (Å²) in [4.78, 5) is 16.2. The Morgan fingerprint density at radius 1 is 1.19 bits per heavy atom. The topological polar surface area (TPSA) is 87.9 Å². The molecule has 2 aliphatic heterocycles. The first kappa shape index (κ1) is 16.7. The van der Waals surface area contributed by atoms with Crippen LogP contribution in [0.1, 0.15) is 31.0 Å². The van der Waals surface area contributed by atoms with Crippen molar-refractivity contribution >= 4 is 17.5 Å². The number of fused-ring (bicyclic) bond motifs is 1. The summed E-state index contributed by atoms with van der Waals surface area (Å²) in [6, 6.07) is 4.02. The van der Waals surface area contributed by atoms with Gasteiger partial charge in [0.1, 0.15) is 5.82 Å². The highest BCUT2D eigenvalue weighted by Gasteiger charge is 2.30. The summed E-state index contributed by atoms with van der Waals surface area (Å²) in [5, 5.41) is 16.4. The summed E-state index contributed by atoms with van der Waals surface area (Å²) in [6.45, 7) is 5.12. The van der Waals surface area contributed by atoms with Crippen LogP contribution in [0.4, 0.5) is 10.6 Å². The molecule has 144 valence electrons. The summed E-state index contributed by atoms with van der Waals surface area (Å²) in [5.41, 5.74) is 0.815. The van der Waals surface area contributed by atoms with Crippen molar-refractivity contribution in [3.8, 4) is 0 Å². The van der Waals surface area contributed by atoms with Gasteiger partial charge in [-0.25, -0.2) is 4.79 Å². The Bertz CT molecular complexity index is 822. The third-order valence-corrected chi connectivity index (χ3v) is 5.86. The molecule has 2 aromatic rings. The number of morpholine rings is 1. The molecule has 0 unspecified atom stereocenters. The van der Waals surface area contributed by atoms with Gasteiger partial charge in [0.05, 0.1) is 13.2 Å². The van der Waals surface area contributed by atoms with Gasteiger partial charge < -0.3 is 19.9 Å². The third-order valence-electron chi connectivity index (χ3n) is 5.86. The van der Waals surface area contributed by atoms with Crippen molar-refractivity contribution in [2.45, 2.75) is 25.2 Å². The van der Waals surface area contributed by atoms with Crippen LogP contribution in [-0.2, 0) is 4.74 Å². The van der Waals surface area contributed by atoms with Crippen molar-refractivity contribution in [3.63, 3.8) is 0 Å². The number of nitrogens with zero attached hydrogens (tertiary/aromatic N) is 6. The van der Waals surface area contributed by atoms with E-state index in [4.69, 9.17) is 9.84 Å². The molecule has 0 atom stereocenters. The van der Waals surface area contributed by atoms with Crippen LogP contribution in [0.25, 0.3) is 5.65 Å². The standard InChI is InChI=1S/C18H25N7O2/c26-18(23-6-8-27-9-7-23)19-10-13-11-24(12-13)16-5-4-15-20-21-17(25(15)22-16)14-2-1-3-14/h4-5,13-14H,1-3,6-12H2,(H,19,26). The average Bonchev–Trinajstić information content (AvgIpc) is 3.02. The number of hydrogen-bond acceptors (Lipinski definition) is 6. The number of ether oxygens (including phenoxy) is 1. The van der Waals surface area contributed by atoms with Crippen LogP contribution in [0.15, 0.2) is 12.1 Å². The van der Waals surface area contributed by atoms with Gasteiger partial charge in [-0.2, -0.15) is 4.52 Å². The molecule has 27 heavy (non-hydrogen) atoms. The SMILES string of the molecule is O=C(NCC1CN(c2ccc3nnc(C4CCC4)n3n2)C1)N1CCOCC1. The van der Waals surface area contributed by atoms with Crippen molar-refractivity contribution < 1.29 is 9.53 Å². The average molecular weight is 371 g/mol. The summed E-state index contributed by atoms with van der Waals surface area (Å²) >= 11 is 0. The van der Waals surface area contributed by atoms with Crippen LogP contribution in [0.3, 0.4) is 0 Å². The first-order valence-corrected chi connectivity index (χ1v) is 9.86. The van der Waals surface area contributed by atoms with Crippen LogP contribution in [-0.4, -0.2) is 76.7 Å². The van der Waals surface area contributed by atoms with E-state index in [2.05, 4.69) is 20.4 Å². The number of rotatable bonds is 4. The van der Waals surface area contributed by atoms with Gasteiger partial charge in [0, 0.05) is 44.6 Å². The Morgan fingerprint density at radius 3 is 2.74 bits per heavy atom. The number of anilines is 1. The lowest BCUT2D eigenvalue weighted by Gasteiger charge is -2.40. The molecule has 2 amide bonds. The normalized spacial score (nSPS) is 21.2. The van der Waals surface area contributed by atoms with Crippen LogP contribution >= 0.6 is 0 Å². The van der Waals surface area contributed by atoms with Gasteiger partial charge in [-0.1, -0.05) is 6.42 Å². The highest BCUT2D eigenvalue weighted by Crippen LogP contribution is 2.35. The predicted molar refractivity (Wildman–Crippen MR) is 98.9 cm³/mol. The van der Waals surface area contributed by atoms with Crippen molar-refractivity contribution in [2.24, 2.45) is 5.92 Å². The molecule has 4 heterocycles. The van der Waals surface area contributed by atoms with E-state index in [0.717, 1.165) is 30.4 Å². The minimum atomic E-state index is 0.0194. The molecule has 0 bridgehead atoms. The largest absolute Gasteiger partial charge is 0.378 e. The molecule has 9 heteroatoms. The van der Waals surface area contributed by atoms with E-state index in [1.807, 2.05) is 21.5 Å². The molecule has 0 aromatic carbocycles. The van der Waals surface area contributed by atoms with Gasteiger partial charge in [0.15, 0.2) is 11.5 Å². The number of carbonyl (C=O) groups excluding carboxylic acids is 1. The maximum absolute atomic E-state index is 12.2. The molecule has 0 radical (unpaired) electrons. The van der Waals surface area contributed by atoms with Crippen molar-refractivity contribution in [2.75, 3.05) is 50.8 Å². The molecule has 1 saturated carbocycles. The first-order chi connectivity index (χ1) is 13.3. The van der Waals surface area contributed by atoms with Gasteiger partial charge >= 0.3 is 6.03 Å². The second kappa shape index (κ2) is 6.95. The zero-order valence-electron chi connectivity index (χ0n) is 15.4. The van der Waals surface area contributed by atoms with Crippen molar-refractivity contribution in [1.29, 1.82) is 0 Å². The molecule has 2 saturated heterocycles. The Hall–Kier alpha value is -2.42. The lowest BCUT2D eigenvalue weighted by Crippen LogP contribution is -2.54. The van der Waals surface area contributed by atoms with Gasteiger partial charge in [-0.05, 0) is 25.0 Å². The van der Waals surface area contributed by atoms with E-state index in [0.29, 0.717) is 44.7 Å². The second-order valence-electron chi connectivity index (χ2n) is 7.70. The fraction of sp³-hybridized carbons (Fsp3) is 0.667. The quantitative estimate of drug-likeness (QED) is 0.858. The Kier molecular flexibility index (Phi) is 4.31. The lowest BCUT2D eigenvalue weighted by atomic mass is 9.85. The molecule has 1 N–H and O–H groups in total. The molecular formula is C18H25N7O2. The van der Waals surface area contributed by atoms with Crippen LogP contribution in [0, 0.1) is 5.92 Å². The monoisotopic (exact) mass is 371 g/mol. The molecule has 1 aliphatic carbocycles. The van der Waals surface area contributed by atoms with Gasteiger partial charge in [0.2, 0.25) is 0 Å². The minimum Gasteiger partial charge on any atom is -0.378 e. The summed E-state index contributed by atoms with van der Waals surface area (Å²) in [5.74, 6) is 2.91. The smallest absolute Gasteiger partial charge is 0.317 e. The highest BCUT2D eigenvalue weighted by molar-refractivity contribution is 5.74. The van der Waals surface area contributed by atoms with E-state index < -0.39 is 0 Å². The molecule has 3 aliphatic rings. The third kappa shape index (κ3) is 3.20. The number of amides is 2. The minimum absolute atomic E-state index is 0.0194. The zero-order chi connectivity index (χ0) is 18.2. The molecular weight excluding hydrogens is 346 g/mol. The maximum Gasteiger partial charge on any atom is 0.317 e. The number of aromatic nitrogens is 4. The Labute approximate surface area is 157 Å². The van der Waals surface area contributed by atoms with E-state index in [-0.39, 0.29) is 6.03 Å². The van der Waals surface area contributed by atoms with Gasteiger partial charge in [-0.3, -0.25) is 0 Å². The lowest BCUT2D eigenvalue weighted by molar-refractivity contribution is 0.0529.